The molecule has 0 amide bonds. The van der Waals surface area contributed by atoms with Crippen molar-refractivity contribution in [2.45, 2.75) is 19.1 Å². The first kappa shape index (κ1) is 10.5. The third kappa shape index (κ3) is 1.85. The fourth-order valence-corrected chi connectivity index (χ4v) is 2.34. The average molecular weight is 206 g/mol. The van der Waals surface area contributed by atoms with Crippen LogP contribution in [0.4, 0.5) is 5.69 Å². The number of hydrogen-bond donors (Lipinski definition) is 2. The molecule has 1 heterocycles. The highest BCUT2D eigenvalue weighted by Gasteiger charge is 2.29. The molecule has 0 aromatic heterocycles. The molecule has 0 radical (unpaired) electrons. The van der Waals surface area contributed by atoms with Gasteiger partial charge in [0.1, 0.15) is 6.23 Å². The summed E-state index contributed by atoms with van der Waals surface area (Å²) in [6.07, 6.45) is 1.40. The SMILES string of the molecule is CN1c2ccccc2C[C@H](CCN)[C@@H]1O. The number of aliphatic hydroxyl groups excluding tert-OH is 1. The number of nitrogens with two attached hydrogens (primary N) is 1. The van der Waals surface area contributed by atoms with Crippen LogP contribution in [-0.4, -0.2) is 24.9 Å². The summed E-state index contributed by atoms with van der Waals surface area (Å²) in [5, 5.41) is 10.1. The second kappa shape index (κ2) is 4.21. The largest absolute Gasteiger partial charge is 0.373 e. The van der Waals surface area contributed by atoms with E-state index in [-0.39, 0.29) is 5.92 Å². The van der Waals surface area contributed by atoms with Crippen molar-refractivity contribution in [1.29, 1.82) is 0 Å². The number of aliphatic hydroxyl groups is 1. The third-order valence-corrected chi connectivity index (χ3v) is 3.21. The first-order chi connectivity index (χ1) is 7.24. The number of benzene rings is 1. The molecular weight excluding hydrogens is 188 g/mol. The van der Waals surface area contributed by atoms with Gasteiger partial charge in [0.25, 0.3) is 0 Å². The standard InChI is InChI=1S/C12H18N2O/c1-14-11-5-3-2-4-9(11)8-10(6-7-13)12(14)15/h2-5,10,12,15H,6-8,13H2,1H3/t10-,12-/m0/s1. The minimum absolute atomic E-state index is 0.259. The molecule has 0 unspecified atom stereocenters. The van der Waals surface area contributed by atoms with E-state index in [9.17, 15) is 5.11 Å². The molecule has 0 bridgehead atoms. The van der Waals surface area contributed by atoms with Crippen LogP contribution >= 0.6 is 0 Å². The third-order valence-electron chi connectivity index (χ3n) is 3.21. The molecule has 3 nitrogen and oxygen atoms in total. The maximum Gasteiger partial charge on any atom is 0.129 e. The molecule has 1 aromatic rings. The highest BCUT2D eigenvalue weighted by molar-refractivity contribution is 5.55. The van der Waals surface area contributed by atoms with Gasteiger partial charge in [0.2, 0.25) is 0 Å². The molecule has 1 aromatic carbocycles. The second-order valence-electron chi connectivity index (χ2n) is 4.19. The van der Waals surface area contributed by atoms with Crippen molar-refractivity contribution in [3.8, 4) is 0 Å². The summed E-state index contributed by atoms with van der Waals surface area (Å²) in [7, 11) is 1.94. The highest BCUT2D eigenvalue weighted by Crippen LogP contribution is 2.32. The van der Waals surface area contributed by atoms with E-state index in [4.69, 9.17) is 5.73 Å². The minimum Gasteiger partial charge on any atom is -0.373 e. The molecule has 1 aliphatic rings. The molecule has 0 saturated heterocycles. The van der Waals surface area contributed by atoms with Gasteiger partial charge in [0, 0.05) is 18.7 Å². The van der Waals surface area contributed by atoms with Crippen molar-refractivity contribution < 1.29 is 5.11 Å². The Kier molecular flexibility index (Phi) is 2.93. The Morgan fingerprint density at radius 1 is 1.47 bits per heavy atom. The Bertz CT molecular complexity index is 340. The van der Waals surface area contributed by atoms with Crippen LogP contribution in [0, 0.1) is 5.92 Å². The average Bonchev–Trinajstić information content (AvgIpc) is 2.26. The summed E-state index contributed by atoms with van der Waals surface area (Å²) in [5.74, 6) is 0.259. The molecule has 0 fully saturated rings. The van der Waals surface area contributed by atoms with E-state index in [1.54, 1.807) is 0 Å². The lowest BCUT2D eigenvalue weighted by Gasteiger charge is -2.38. The van der Waals surface area contributed by atoms with Crippen molar-refractivity contribution in [3.05, 3.63) is 29.8 Å². The summed E-state index contributed by atoms with van der Waals surface area (Å²) in [4.78, 5) is 1.94. The summed E-state index contributed by atoms with van der Waals surface area (Å²) < 4.78 is 0. The lowest BCUT2D eigenvalue weighted by atomic mass is 9.89. The summed E-state index contributed by atoms with van der Waals surface area (Å²) in [6.45, 7) is 0.637. The Labute approximate surface area is 90.5 Å². The highest BCUT2D eigenvalue weighted by atomic mass is 16.3. The molecule has 0 saturated carbocycles. The van der Waals surface area contributed by atoms with E-state index in [0.717, 1.165) is 18.5 Å². The predicted molar refractivity (Wildman–Crippen MR) is 61.7 cm³/mol. The molecule has 1 aliphatic heterocycles. The molecule has 15 heavy (non-hydrogen) atoms. The fraction of sp³-hybridized carbons (Fsp3) is 0.500. The van der Waals surface area contributed by atoms with Crippen molar-refractivity contribution in [2.75, 3.05) is 18.5 Å². The van der Waals surface area contributed by atoms with Gasteiger partial charge in [-0.25, -0.2) is 0 Å². The van der Waals surface area contributed by atoms with Gasteiger partial charge in [-0.05, 0) is 31.0 Å². The van der Waals surface area contributed by atoms with Crippen molar-refractivity contribution in [1.82, 2.24) is 0 Å². The number of rotatable bonds is 2. The zero-order chi connectivity index (χ0) is 10.8. The van der Waals surface area contributed by atoms with Gasteiger partial charge in [-0.3, -0.25) is 0 Å². The number of hydrogen-bond acceptors (Lipinski definition) is 3. The van der Waals surface area contributed by atoms with Crippen LogP contribution in [0.25, 0.3) is 0 Å². The molecule has 0 spiro atoms. The monoisotopic (exact) mass is 206 g/mol. The van der Waals surface area contributed by atoms with Gasteiger partial charge in [-0.2, -0.15) is 0 Å². The predicted octanol–water partition coefficient (Wildman–Crippen LogP) is 0.962. The maximum atomic E-state index is 10.1. The van der Waals surface area contributed by atoms with Gasteiger partial charge in [-0.15, -0.1) is 0 Å². The van der Waals surface area contributed by atoms with Gasteiger partial charge in [-0.1, -0.05) is 18.2 Å². The minimum atomic E-state index is -0.400. The summed E-state index contributed by atoms with van der Waals surface area (Å²) in [6, 6.07) is 8.23. The van der Waals surface area contributed by atoms with Gasteiger partial charge in [0.05, 0.1) is 0 Å². The number of para-hydroxylation sites is 1. The van der Waals surface area contributed by atoms with E-state index in [0.29, 0.717) is 6.54 Å². The normalized spacial score (nSPS) is 25.1. The first-order valence-electron chi connectivity index (χ1n) is 5.43. The number of anilines is 1. The van der Waals surface area contributed by atoms with Crippen LogP contribution in [0.3, 0.4) is 0 Å². The van der Waals surface area contributed by atoms with Crippen molar-refractivity contribution in [2.24, 2.45) is 11.7 Å². The van der Waals surface area contributed by atoms with E-state index in [1.165, 1.54) is 5.56 Å². The van der Waals surface area contributed by atoms with Gasteiger partial charge >= 0.3 is 0 Å². The Hall–Kier alpha value is -1.06. The van der Waals surface area contributed by atoms with Crippen LogP contribution in [0.15, 0.2) is 24.3 Å². The lowest BCUT2D eigenvalue weighted by Crippen LogP contribution is -2.43. The van der Waals surface area contributed by atoms with E-state index in [2.05, 4.69) is 12.1 Å². The molecule has 82 valence electrons. The zero-order valence-electron chi connectivity index (χ0n) is 9.06. The summed E-state index contributed by atoms with van der Waals surface area (Å²) in [5.41, 5.74) is 8.00. The Morgan fingerprint density at radius 3 is 2.93 bits per heavy atom. The number of nitrogens with zero attached hydrogens (tertiary/aromatic N) is 1. The van der Waals surface area contributed by atoms with Crippen molar-refractivity contribution >= 4 is 5.69 Å². The topological polar surface area (TPSA) is 49.5 Å². The lowest BCUT2D eigenvalue weighted by molar-refractivity contribution is 0.0976. The molecule has 3 heteroatoms. The Morgan fingerprint density at radius 2 is 2.20 bits per heavy atom. The zero-order valence-corrected chi connectivity index (χ0v) is 9.06. The molecule has 3 N–H and O–H groups in total. The Balaban J connectivity index is 2.28. The van der Waals surface area contributed by atoms with Gasteiger partial charge in [0.15, 0.2) is 0 Å². The second-order valence-corrected chi connectivity index (χ2v) is 4.19. The molecule has 2 atom stereocenters. The van der Waals surface area contributed by atoms with Crippen molar-refractivity contribution in [3.63, 3.8) is 0 Å². The molecule has 0 aliphatic carbocycles. The van der Waals surface area contributed by atoms with Crippen LogP contribution in [0.2, 0.25) is 0 Å². The number of fused-ring (bicyclic) bond motifs is 1. The smallest absolute Gasteiger partial charge is 0.129 e. The van der Waals surface area contributed by atoms with Crippen LogP contribution < -0.4 is 10.6 Å². The summed E-state index contributed by atoms with van der Waals surface area (Å²) >= 11 is 0. The first-order valence-corrected chi connectivity index (χ1v) is 5.43. The van der Waals surface area contributed by atoms with E-state index < -0.39 is 6.23 Å². The quantitative estimate of drug-likeness (QED) is 0.758. The maximum absolute atomic E-state index is 10.1. The van der Waals surface area contributed by atoms with Crippen LogP contribution in [0.1, 0.15) is 12.0 Å². The van der Waals surface area contributed by atoms with E-state index in [1.807, 2.05) is 24.1 Å². The van der Waals surface area contributed by atoms with E-state index >= 15 is 0 Å². The molecular formula is C12H18N2O. The molecule has 2 rings (SSSR count). The van der Waals surface area contributed by atoms with Gasteiger partial charge < -0.3 is 15.7 Å². The van der Waals surface area contributed by atoms with Crippen LogP contribution in [-0.2, 0) is 6.42 Å². The fourth-order valence-electron chi connectivity index (χ4n) is 2.34. The van der Waals surface area contributed by atoms with Crippen LogP contribution in [0.5, 0.6) is 0 Å².